The molecule has 0 amide bonds. The average Bonchev–Trinajstić information content (AvgIpc) is 2.70. The van der Waals surface area contributed by atoms with Gasteiger partial charge in [-0.05, 0) is 18.2 Å². The van der Waals surface area contributed by atoms with Crippen molar-refractivity contribution in [2.45, 2.75) is 0 Å². The van der Waals surface area contributed by atoms with Crippen LogP contribution in [-0.2, 0) is 0 Å². The number of carbonyl (C=O) groups is 2. The lowest BCUT2D eigenvalue weighted by molar-refractivity contribution is 0.0988. The number of fused-ring (bicyclic) bond motifs is 1. The van der Waals surface area contributed by atoms with Crippen LogP contribution < -0.4 is 0 Å². The Kier molecular flexibility index (Phi) is 2.64. The van der Waals surface area contributed by atoms with Gasteiger partial charge >= 0.3 is 0 Å². The molecule has 0 radical (unpaired) electrons. The predicted octanol–water partition coefficient (Wildman–Crippen LogP) is 2.22. The maximum atomic E-state index is 11.3. The first-order chi connectivity index (χ1) is 7.24. The molecular formula is C10H6BrNO3. The Bertz CT molecular complexity index is 532. The van der Waals surface area contributed by atoms with Gasteiger partial charge in [0.05, 0.1) is 5.33 Å². The molecule has 5 heteroatoms. The molecule has 76 valence electrons. The number of alkyl halides is 1. The number of Topliss-reactive ketones (excluding diaryl/α,β-unsaturated/α-hetero) is 1. The Morgan fingerprint density at radius 2 is 2.33 bits per heavy atom. The summed E-state index contributed by atoms with van der Waals surface area (Å²) in [6.07, 6.45) is 0.722. The van der Waals surface area contributed by atoms with Crippen LogP contribution in [0.25, 0.3) is 11.1 Å². The first kappa shape index (κ1) is 10.0. The highest BCUT2D eigenvalue weighted by Gasteiger charge is 2.12. The van der Waals surface area contributed by atoms with Crippen molar-refractivity contribution in [1.82, 2.24) is 4.98 Å². The van der Waals surface area contributed by atoms with E-state index in [-0.39, 0.29) is 17.0 Å². The maximum absolute atomic E-state index is 11.3. The van der Waals surface area contributed by atoms with E-state index >= 15 is 0 Å². The number of benzene rings is 1. The van der Waals surface area contributed by atoms with Crippen LogP contribution in [0.2, 0.25) is 0 Å². The number of aldehydes is 1. The van der Waals surface area contributed by atoms with E-state index < -0.39 is 0 Å². The van der Waals surface area contributed by atoms with Gasteiger partial charge in [0.2, 0.25) is 5.78 Å². The molecule has 0 saturated heterocycles. The molecule has 0 N–H and O–H groups in total. The van der Waals surface area contributed by atoms with Crippen molar-refractivity contribution in [1.29, 1.82) is 0 Å². The minimum Gasteiger partial charge on any atom is -0.434 e. The van der Waals surface area contributed by atoms with Crippen molar-refractivity contribution < 1.29 is 14.0 Å². The van der Waals surface area contributed by atoms with Crippen LogP contribution in [-0.4, -0.2) is 22.4 Å². The minimum absolute atomic E-state index is 0.0601. The third-order valence-corrected chi connectivity index (χ3v) is 2.42. The van der Waals surface area contributed by atoms with Crippen LogP contribution in [0.1, 0.15) is 21.0 Å². The van der Waals surface area contributed by atoms with Crippen molar-refractivity contribution in [2.75, 3.05) is 5.33 Å². The van der Waals surface area contributed by atoms with E-state index in [2.05, 4.69) is 20.9 Å². The third-order valence-electron chi connectivity index (χ3n) is 1.91. The summed E-state index contributed by atoms with van der Waals surface area (Å²) in [5.41, 5.74) is 1.53. The first-order valence-corrected chi connectivity index (χ1v) is 5.31. The van der Waals surface area contributed by atoms with Crippen molar-refractivity contribution in [3.63, 3.8) is 0 Å². The molecule has 0 aliphatic heterocycles. The summed E-state index contributed by atoms with van der Waals surface area (Å²) in [5, 5.41) is 0.167. The van der Waals surface area contributed by atoms with Gasteiger partial charge in [0.15, 0.2) is 5.58 Å². The minimum atomic E-state index is -0.223. The van der Waals surface area contributed by atoms with Crippen LogP contribution in [0.3, 0.4) is 0 Å². The summed E-state index contributed by atoms with van der Waals surface area (Å²) >= 11 is 3.03. The summed E-state index contributed by atoms with van der Waals surface area (Å²) in [5.74, 6) is -0.163. The smallest absolute Gasteiger partial charge is 0.265 e. The second kappa shape index (κ2) is 3.94. The van der Waals surface area contributed by atoms with Crippen LogP contribution in [0.5, 0.6) is 0 Å². The van der Waals surface area contributed by atoms with Crippen LogP contribution in [0.15, 0.2) is 22.6 Å². The van der Waals surface area contributed by atoms with Crippen molar-refractivity contribution >= 4 is 39.1 Å². The van der Waals surface area contributed by atoms with Gasteiger partial charge < -0.3 is 4.42 Å². The second-order valence-corrected chi connectivity index (χ2v) is 3.48. The Balaban J connectivity index is 2.55. The topological polar surface area (TPSA) is 60.2 Å². The van der Waals surface area contributed by atoms with Gasteiger partial charge in [-0.15, -0.1) is 0 Å². The van der Waals surface area contributed by atoms with Crippen molar-refractivity contribution in [3.05, 3.63) is 29.7 Å². The molecule has 1 aromatic carbocycles. The number of hydrogen-bond donors (Lipinski definition) is 0. The van der Waals surface area contributed by atoms with E-state index in [1.54, 1.807) is 18.2 Å². The molecule has 2 rings (SSSR count). The summed E-state index contributed by atoms with van der Waals surface area (Å²) < 4.78 is 5.21. The molecule has 15 heavy (non-hydrogen) atoms. The Morgan fingerprint density at radius 3 is 3.00 bits per heavy atom. The lowest BCUT2D eigenvalue weighted by Crippen LogP contribution is -1.99. The average molecular weight is 268 g/mol. The number of hydrogen-bond acceptors (Lipinski definition) is 4. The predicted molar refractivity (Wildman–Crippen MR) is 57.5 cm³/mol. The summed E-state index contributed by atoms with van der Waals surface area (Å²) in [6.45, 7) is 0. The summed E-state index contributed by atoms with van der Waals surface area (Å²) in [4.78, 5) is 25.8. The molecule has 2 aromatic rings. The number of nitrogens with zero attached hydrogens (tertiary/aromatic N) is 1. The largest absolute Gasteiger partial charge is 0.434 e. The van der Waals surface area contributed by atoms with E-state index in [0.29, 0.717) is 16.7 Å². The van der Waals surface area contributed by atoms with Crippen molar-refractivity contribution in [2.24, 2.45) is 0 Å². The van der Waals surface area contributed by atoms with E-state index in [9.17, 15) is 9.59 Å². The summed E-state index contributed by atoms with van der Waals surface area (Å²) in [7, 11) is 0. The molecule has 0 aliphatic carbocycles. The van der Waals surface area contributed by atoms with Crippen LogP contribution >= 0.6 is 15.9 Å². The zero-order chi connectivity index (χ0) is 10.8. The number of carbonyl (C=O) groups excluding carboxylic acids is 2. The molecule has 0 spiro atoms. The van der Waals surface area contributed by atoms with E-state index in [1.807, 2.05) is 0 Å². The highest BCUT2D eigenvalue weighted by molar-refractivity contribution is 9.09. The van der Waals surface area contributed by atoms with E-state index in [1.165, 1.54) is 0 Å². The molecule has 0 saturated carbocycles. The zero-order valence-electron chi connectivity index (χ0n) is 7.57. The van der Waals surface area contributed by atoms with Gasteiger partial charge in [0, 0.05) is 5.56 Å². The fraction of sp³-hybridized carbons (Fsp3) is 0.100. The molecule has 0 bridgehead atoms. The number of aromatic nitrogens is 1. The molecule has 1 aromatic heterocycles. The number of ketones is 1. The fourth-order valence-corrected chi connectivity index (χ4v) is 1.43. The van der Waals surface area contributed by atoms with Gasteiger partial charge in [0.25, 0.3) is 5.89 Å². The van der Waals surface area contributed by atoms with Crippen LogP contribution in [0, 0.1) is 0 Å². The van der Waals surface area contributed by atoms with Crippen LogP contribution in [0.4, 0.5) is 0 Å². The molecule has 0 fully saturated rings. The van der Waals surface area contributed by atoms with Gasteiger partial charge in [-0.1, -0.05) is 15.9 Å². The standard InChI is InChI=1S/C10H6BrNO3/c11-4-8(14)10-12-7-3-6(5-13)1-2-9(7)15-10/h1-3,5H,4H2. The van der Waals surface area contributed by atoms with E-state index in [0.717, 1.165) is 6.29 Å². The molecule has 0 unspecified atom stereocenters. The number of rotatable bonds is 3. The fourth-order valence-electron chi connectivity index (χ4n) is 1.19. The molecular weight excluding hydrogens is 262 g/mol. The zero-order valence-corrected chi connectivity index (χ0v) is 9.15. The monoisotopic (exact) mass is 267 g/mol. The Morgan fingerprint density at radius 1 is 1.53 bits per heavy atom. The first-order valence-electron chi connectivity index (χ1n) is 4.19. The molecule has 0 atom stereocenters. The Labute approximate surface area is 93.4 Å². The lowest BCUT2D eigenvalue weighted by atomic mass is 10.2. The highest BCUT2D eigenvalue weighted by Crippen LogP contribution is 2.17. The molecule has 0 aliphatic rings. The SMILES string of the molecule is O=Cc1ccc2oc(C(=O)CBr)nc2c1. The Hall–Kier alpha value is -1.49. The molecule has 1 heterocycles. The lowest BCUT2D eigenvalue weighted by Gasteiger charge is -1.86. The van der Waals surface area contributed by atoms with Gasteiger partial charge in [0.1, 0.15) is 11.8 Å². The van der Waals surface area contributed by atoms with Gasteiger partial charge in [-0.2, -0.15) is 0 Å². The second-order valence-electron chi connectivity index (χ2n) is 2.92. The normalized spacial score (nSPS) is 10.5. The number of halogens is 1. The summed E-state index contributed by atoms with van der Waals surface area (Å²) in [6, 6.07) is 4.82. The number of oxazole rings is 1. The van der Waals surface area contributed by atoms with Gasteiger partial charge in [-0.25, -0.2) is 4.98 Å². The highest BCUT2D eigenvalue weighted by atomic mass is 79.9. The van der Waals surface area contributed by atoms with E-state index in [4.69, 9.17) is 4.42 Å². The maximum Gasteiger partial charge on any atom is 0.265 e. The van der Waals surface area contributed by atoms with Crippen molar-refractivity contribution in [3.8, 4) is 0 Å². The quantitative estimate of drug-likeness (QED) is 0.486. The molecule has 4 nitrogen and oxygen atoms in total. The third kappa shape index (κ3) is 1.83. The van der Waals surface area contributed by atoms with Gasteiger partial charge in [-0.3, -0.25) is 9.59 Å².